The number of hydrogen-bond donors (Lipinski definition) is 1. The maximum atomic E-state index is 9.59. The highest BCUT2D eigenvalue weighted by Gasteiger charge is 2.22. The second kappa shape index (κ2) is 2.98. The fourth-order valence-corrected chi connectivity index (χ4v) is 2.36. The molecule has 0 radical (unpaired) electrons. The molecule has 62 valence electrons. The Morgan fingerprint density at radius 2 is 1.73 bits per heavy atom. The van der Waals surface area contributed by atoms with E-state index in [1.165, 1.54) is 44.1 Å². The molecule has 1 heteroatoms. The van der Waals surface area contributed by atoms with Crippen molar-refractivity contribution in [2.24, 2.45) is 0 Å². The first-order valence-electron chi connectivity index (χ1n) is 4.77. The highest BCUT2D eigenvalue weighted by molar-refractivity contribution is 5.23. The fraction of sp³-hybridized carbons (Fsp3) is 0.800. The normalized spacial score (nSPS) is 31.9. The van der Waals surface area contributed by atoms with Crippen molar-refractivity contribution in [1.29, 1.82) is 0 Å². The third-order valence-corrected chi connectivity index (χ3v) is 2.99. The Bertz CT molecular complexity index is 173. The predicted octanol–water partition coefficient (Wildman–Crippen LogP) is 2.40. The van der Waals surface area contributed by atoms with Gasteiger partial charge in [-0.2, -0.15) is 0 Å². The highest BCUT2D eigenvalue weighted by Crippen LogP contribution is 2.35. The first-order valence-corrected chi connectivity index (χ1v) is 4.77. The summed E-state index contributed by atoms with van der Waals surface area (Å²) in [7, 11) is 0. The van der Waals surface area contributed by atoms with Crippen LogP contribution in [0.3, 0.4) is 0 Å². The van der Waals surface area contributed by atoms with Crippen LogP contribution >= 0.6 is 0 Å². The van der Waals surface area contributed by atoms with E-state index in [2.05, 4.69) is 0 Å². The van der Waals surface area contributed by atoms with Crippen molar-refractivity contribution in [3.8, 4) is 0 Å². The van der Waals surface area contributed by atoms with Gasteiger partial charge in [-0.25, -0.2) is 0 Å². The minimum atomic E-state index is -0.0666. The number of hydrogen-bond acceptors (Lipinski definition) is 1. The van der Waals surface area contributed by atoms with Gasteiger partial charge in [0, 0.05) is 0 Å². The molecule has 0 aromatic heterocycles. The van der Waals surface area contributed by atoms with E-state index in [9.17, 15) is 5.11 Å². The first kappa shape index (κ1) is 7.35. The van der Waals surface area contributed by atoms with Gasteiger partial charge in [-0.3, -0.25) is 0 Å². The van der Waals surface area contributed by atoms with Crippen LogP contribution in [0.15, 0.2) is 11.1 Å². The van der Waals surface area contributed by atoms with E-state index in [0.29, 0.717) is 0 Å². The molecule has 0 bridgehead atoms. The summed E-state index contributed by atoms with van der Waals surface area (Å²) in [6.45, 7) is 0. The molecule has 0 saturated heterocycles. The molecule has 0 spiro atoms. The van der Waals surface area contributed by atoms with E-state index in [1.54, 1.807) is 5.57 Å². The maximum Gasteiger partial charge on any atom is 0.0752 e. The van der Waals surface area contributed by atoms with Gasteiger partial charge >= 0.3 is 0 Å². The highest BCUT2D eigenvalue weighted by atomic mass is 16.3. The average molecular weight is 152 g/mol. The minimum Gasteiger partial charge on any atom is -0.389 e. The van der Waals surface area contributed by atoms with E-state index < -0.39 is 0 Å². The van der Waals surface area contributed by atoms with Crippen LogP contribution in [0, 0.1) is 0 Å². The van der Waals surface area contributed by atoms with Crippen molar-refractivity contribution >= 4 is 0 Å². The smallest absolute Gasteiger partial charge is 0.0752 e. The van der Waals surface area contributed by atoms with Crippen LogP contribution in [0.2, 0.25) is 0 Å². The molecule has 0 aromatic rings. The summed E-state index contributed by atoms with van der Waals surface area (Å²) in [6.07, 6.45) is 8.58. The SMILES string of the molecule is OC1CCCC1=C1CCCC1. The standard InChI is InChI=1S/C10H16O/c11-10-7-3-6-9(10)8-4-1-2-5-8/h10-11H,1-7H2. The fourth-order valence-electron chi connectivity index (χ4n) is 2.36. The Morgan fingerprint density at radius 3 is 2.27 bits per heavy atom. The number of rotatable bonds is 0. The van der Waals surface area contributed by atoms with Crippen LogP contribution < -0.4 is 0 Å². The van der Waals surface area contributed by atoms with Crippen LogP contribution in [0.1, 0.15) is 44.9 Å². The Morgan fingerprint density at radius 1 is 1.00 bits per heavy atom. The maximum absolute atomic E-state index is 9.59. The summed E-state index contributed by atoms with van der Waals surface area (Å²) in [5, 5.41) is 9.59. The predicted molar refractivity (Wildman–Crippen MR) is 45.4 cm³/mol. The summed E-state index contributed by atoms with van der Waals surface area (Å²) >= 11 is 0. The van der Waals surface area contributed by atoms with E-state index >= 15 is 0 Å². The van der Waals surface area contributed by atoms with Crippen LogP contribution in [-0.4, -0.2) is 11.2 Å². The van der Waals surface area contributed by atoms with Crippen LogP contribution in [0.5, 0.6) is 0 Å². The molecule has 1 nitrogen and oxygen atoms in total. The molecule has 2 aliphatic carbocycles. The van der Waals surface area contributed by atoms with Gasteiger partial charge in [-0.1, -0.05) is 5.57 Å². The van der Waals surface area contributed by atoms with Gasteiger partial charge in [0.1, 0.15) is 0 Å². The van der Waals surface area contributed by atoms with Gasteiger partial charge in [0.2, 0.25) is 0 Å². The number of aliphatic hydroxyl groups is 1. The molecule has 0 aliphatic heterocycles. The molecule has 1 N–H and O–H groups in total. The molecule has 2 rings (SSSR count). The first-order chi connectivity index (χ1) is 5.38. The molecular formula is C10H16O. The summed E-state index contributed by atoms with van der Waals surface area (Å²) < 4.78 is 0. The minimum absolute atomic E-state index is 0.0666. The lowest BCUT2D eigenvalue weighted by molar-refractivity contribution is 0.216. The molecular weight excluding hydrogens is 136 g/mol. The second-order valence-electron chi connectivity index (χ2n) is 3.74. The molecule has 0 aromatic carbocycles. The topological polar surface area (TPSA) is 20.2 Å². The zero-order valence-corrected chi connectivity index (χ0v) is 6.97. The van der Waals surface area contributed by atoms with Crippen molar-refractivity contribution in [2.75, 3.05) is 0 Å². The Hall–Kier alpha value is -0.300. The molecule has 0 amide bonds. The van der Waals surface area contributed by atoms with Gasteiger partial charge in [0.15, 0.2) is 0 Å². The average Bonchev–Trinajstić information content (AvgIpc) is 2.55. The molecule has 2 fully saturated rings. The third kappa shape index (κ3) is 1.34. The van der Waals surface area contributed by atoms with Crippen molar-refractivity contribution in [1.82, 2.24) is 0 Å². The van der Waals surface area contributed by atoms with Crippen molar-refractivity contribution in [2.45, 2.75) is 51.0 Å². The van der Waals surface area contributed by atoms with Crippen LogP contribution in [0.4, 0.5) is 0 Å². The zero-order valence-electron chi connectivity index (χ0n) is 6.97. The van der Waals surface area contributed by atoms with E-state index in [4.69, 9.17) is 0 Å². The van der Waals surface area contributed by atoms with Gasteiger partial charge in [-0.05, 0) is 50.5 Å². The van der Waals surface area contributed by atoms with Gasteiger partial charge in [0.05, 0.1) is 6.10 Å². The molecule has 2 saturated carbocycles. The Labute approximate surface area is 68.1 Å². The van der Waals surface area contributed by atoms with Crippen molar-refractivity contribution < 1.29 is 5.11 Å². The summed E-state index contributed by atoms with van der Waals surface area (Å²) in [6, 6.07) is 0. The molecule has 0 heterocycles. The summed E-state index contributed by atoms with van der Waals surface area (Å²) in [4.78, 5) is 0. The van der Waals surface area contributed by atoms with Crippen molar-refractivity contribution in [3.05, 3.63) is 11.1 Å². The Balaban J connectivity index is 2.16. The van der Waals surface area contributed by atoms with Crippen LogP contribution in [-0.2, 0) is 0 Å². The molecule has 1 unspecified atom stereocenters. The molecule has 1 atom stereocenters. The van der Waals surface area contributed by atoms with E-state index in [0.717, 1.165) is 6.42 Å². The molecule has 2 aliphatic rings. The molecule has 11 heavy (non-hydrogen) atoms. The lowest BCUT2D eigenvalue weighted by atomic mass is 10.0. The number of aliphatic hydroxyl groups excluding tert-OH is 1. The number of allylic oxidation sites excluding steroid dienone is 1. The van der Waals surface area contributed by atoms with Gasteiger partial charge in [0.25, 0.3) is 0 Å². The largest absolute Gasteiger partial charge is 0.389 e. The van der Waals surface area contributed by atoms with E-state index in [-0.39, 0.29) is 6.10 Å². The second-order valence-corrected chi connectivity index (χ2v) is 3.74. The van der Waals surface area contributed by atoms with Crippen LogP contribution in [0.25, 0.3) is 0 Å². The monoisotopic (exact) mass is 152 g/mol. The summed E-state index contributed by atoms with van der Waals surface area (Å²) in [5.74, 6) is 0. The lowest BCUT2D eigenvalue weighted by Gasteiger charge is -2.07. The van der Waals surface area contributed by atoms with Gasteiger partial charge in [-0.15, -0.1) is 0 Å². The zero-order chi connectivity index (χ0) is 7.68. The summed E-state index contributed by atoms with van der Waals surface area (Å²) in [5.41, 5.74) is 3.00. The third-order valence-electron chi connectivity index (χ3n) is 2.99. The lowest BCUT2D eigenvalue weighted by Crippen LogP contribution is -2.03. The van der Waals surface area contributed by atoms with Gasteiger partial charge < -0.3 is 5.11 Å². The van der Waals surface area contributed by atoms with E-state index in [1.807, 2.05) is 0 Å². The Kier molecular flexibility index (Phi) is 1.99. The van der Waals surface area contributed by atoms with Crippen molar-refractivity contribution in [3.63, 3.8) is 0 Å². The quantitative estimate of drug-likeness (QED) is 0.528.